The molecule has 0 bridgehead atoms. The van der Waals surface area contributed by atoms with Crippen LogP contribution in [0.5, 0.6) is 5.75 Å². The van der Waals surface area contributed by atoms with Crippen molar-refractivity contribution in [1.29, 1.82) is 0 Å². The summed E-state index contributed by atoms with van der Waals surface area (Å²) in [6.07, 6.45) is 4.15. The van der Waals surface area contributed by atoms with E-state index in [1.807, 2.05) is 54.6 Å². The Bertz CT molecular complexity index is 1550. The second kappa shape index (κ2) is 16.3. The maximum atomic E-state index is 14.0. The molecule has 1 atom stereocenters. The van der Waals surface area contributed by atoms with E-state index in [-0.39, 0.29) is 11.8 Å². The Morgan fingerprint density at radius 3 is 2.38 bits per heavy atom. The molecule has 3 amide bonds. The average Bonchev–Trinajstić information content (AvgIpc) is 3.58. The van der Waals surface area contributed by atoms with Gasteiger partial charge in [-0.1, -0.05) is 71.2 Å². The molecule has 1 saturated carbocycles. The van der Waals surface area contributed by atoms with Crippen LogP contribution in [0.2, 0.25) is 0 Å². The Balaban J connectivity index is 1.06. The third-order valence-corrected chi connectivity index (χ3v) is 10.3. The van der Waals surface area contributed by atoms with E-state index in [1.54, 1.807) is 12.1 Å². The van der Waals surface area contributed by atoms with E-state index >= 15 is 0 Å². The fourth-order valence-electron chi connectivity index (χ4n) is 7.08. The lowest BCUT2D eigenvalue weighted by Gasteiger charge is -2.35. The van der Waals surface area contributed by atoms with E-state index in [9.17, 15) is 14.4 Å². The zero-order valence-corrected chi connectivity index (χ0v) is 28.8. The summed E-state index contributed by atoms with van der Waals surface area (Å²) in [5.74, 6) is 0.579. The average molecular weight is 722 g/mol. The van der Waals surface area contributed by atoms with Gasteiger partial charge in [0.05, 0.1) is 13.2 Å². The quantitative estimate of drug-likeness (QED) is 0.250. The molecule has 3 fully saturated rings. The van der Waals surface area contributed by atoms with E-state index < -0.39 is 17.7 Å². The van der Waals surface area contributed by atoms with Gasteiger partial charge in [-0.25, -0.2) is 4.79 Å². The number of likely N-dealkylation sites (tertiary alicyclic amines) is 1. The molecule has 2 saturated heterocycles. The van der Waals surface area contributed by atoms with Crippen molar-refractivity contribution in [2.75, 3.05) is 46.2 Å². The summed E-state index contributed by atoms with van der Waals surface area (Å²) >= 11 is 3.48. The van der Waals surface area contributed by atoms with Gasteiger partial charge in [0.2, 0.25) is 11.8 Å². The Morgan fingerprint density at radius 1 is 0.917 bits per heavy atom. The SMILES string of the molecule is O=C(NC1(C(=O)N[C@H](Cc2ccccc2)C(=O)NCC2CCN(CC3COCOC3)CC2)CCCC1)Oc1ccc2cc(Br)ccc2c1. The van der Waals surface area contributed by atoms with Crippen LogP contribution in [0, 0.1) is 11.8 Å². The minimum Gasteiger partial charge on any atom is -0.410 e. The van der Waals surface area contributed by atoms with Gasteiger partial charge >= 0.3 is 6.09 Å². The fourth-order valence-corrected chi connectivity index (χ4v) is 7.46. The Morgan fingerprint density at radius 2 is 1.62 bits per heavy atom. The minimum atomic E-state index is -1.16. The molecule has 48 heavy (non-hydrogen) atoms. The minimum absolute atomic E-state index is 0.218. The van der Waals surface area contributed by atoms with Crippen molar-refractivity contribution in [2.45, 2.75) is 56.5 Å². The molecule has 0 aromatic heterocycles. The lowest BCUT2D eigenvalue weighted by atomic mass is 9.94. The molecular weight excluding hydrogens is 676 g/mol. The van der Waals surface area contributed by atoms with E-state index in [0.29, 0.717) is 50.2 Å². The van der Waals surface area contributed by atoms with Crippen LogP contribution in [0.1, 0.15) is 44.1 Å². The summed E-state index contributed by atoms with van der Waals surface area (Å²) in [6, 6.07) is 20.2. The first kappa shape index (κ1) is 34.4. The zero-order chi connectivity index (χ0) is 33.3. The predicted octanol–water partition coefficient (Wildman–Crippen LogP) is 5.18. The molecular formula is C37H45BrN4O6. The third kappa shape index (κ3) is 9.13. The summed E-state index contributed by atoms with van der Waals surface area (Å²) in [4.78, 5) is 43.3. The van der Waals surface area contributed by atoms with Crippen LogP contribution in [0.4, 0.5) is 4.79 Å². The maximum Gasteiger partial charge on any atom is 0.413 e. The van der Waals surface area contributed by atoms with Crippen molar-refractivity contribution in [3.63, 3.8) is 0 Å². The number of rotatable bonds is 11. The van der Waals surface area contributed by atoms with Crippen LogP contribution >= 0.6 is 15.9 Å². The molecule has 3 N–H and O–H groups in total. The smallest absolute Gasteiger partial charge is 0.410 e. The number of ether oxygens (including phenoxy) is 3. The molecule has 2 heterocycles. The number of carbonyl (C=O) groups excluding carboxylic acids is 3. The molecule has 3 aromatic carbocycles. The van der Waals surface area contributed by atoms with Gasteiger partial charge < -0.3 is 35.1 Å². The van der Waals surface area contributed by atoms with Gasteiger partial charge in [-0.2, -0.15) is 0 Å². The Kier molecular flexibility index (Phi) is 11.6. The molecule has 11 heteroatoms. The lowest BCUT2D eigenvalue weighted by molar-refractivity contribution is -0.132. The highest BCUT2D eigenvalue weighted by molar-refractivity contribution is 9.10. The summed E-state index contributed by atoms with van der Waals surface area (Å²) in [7, 11) is 0. The summed E-state index contributed by atoms with van der Waals surface area (Å²) in [5.41, 5.74) is -0.215. The van der Waals surface area contributed by atoms with Gasteiger partial charge in [0.25, 0.3) is 0 Å². The maximum absolute atomic E-state index is 14.0. The van der Waals surface area contributed by atoms with Crippen LogP contribution in [-0.4, -0.2) is 80.6 Å². The van der Waals surface area contributed by atoms with E-state index in [0.717, 1.165) is 79.3 Å². The summed E-state index contributed by atoms with van der Waals surface area (Å²) in [5, 5.41) is 11.0. The van der Waals surface area contributed by atoms with Gasteiger partial charge in [-0.3, -0.25) is 9.59 Å². The first-order valence-corrected chi connectivity index (χ1v) is 17.8. The first-order valence-electron chi connectivity index (χ1n) is 17.0. The number of hydrogen-bond donors (Lipinski definition) is 3. The second-order valence-corrected chi connectivity index (χ2v) is 14.3. The molecule has 3 aromatic rings. The van der Waals surface area contributed by atoms with Gasteiger partial charge in [0.1, 0.15) is 24.1 Å². The lowest BCUT2D eigenvalue weighted by Crippen LogP contribution is -2.61. The van der Waals surface area contributed by atoms with Crippen LogP contribution in [0.25, 0.3) is 10.8 Å². The van der Waals surface area contributed by atoms with E-state index in [4.69, 9.17) is 14.2 Å². The number of hydrogen-bond acceptors (Lipinski definition) is 7. The summed E-state index contributed by atoms with van der Waals surface area (Å²) in [6.45, 7) is 5.34. The number of fused-ring (bicyclic) bond motifs is 1. The van der Waals surface area contributed by atoms with Crippen LogP contribution in [0.15, 0.2) is 71.2 Å². The van der Waals surface area contributed by atoms with E-state index in [1.165, 1.54) is 0 Å². The highest BCUT2D eigenvalue weighted by Gasteiger charge is 2.44. The Labute approximate surface area is 290 Å². The van der Waals surface area contributed by atoms with Crippen molar-refractivity contribution in [2.24, 2.45) is 11.8 Å². The normalized spacial score (nSPS) is 19.4. The van der Waals surface area contributed by atoms with Gasteiger partial charge in [-0.05, 0) is 85.3 Å². The molecule has 6 rings (SSSR count). The molecule has 0 spiro atoms. The van der Waals surface area contributed by atoms with Crippen LogP contribution < -0.4 is 20.7 Å². The van der Waals surface area contributed by atoms with Gasteiger partial charge in [0.15, 0.2) is 0 Å². The Hall–Kier alpha value is -3.51. The second-order valence-electron chi connectivity index (χ2n) is 13.4. The number of carbonyl (C=O) groups is 3. The monoisotopic (exact) mass is 720 g/mol. The first-order chi connectivity index (χ1) is 23.3. The highest BCUT2D eigenvalue weighted by Crippen LogP contribution is 2.31. The van der Waals surface area contributed by atoms with Crippen molar-refractivity contribution < 1.29 is 28.6 Å². The number of halogens is 1. The van der Waals surface area contributed by atoms with Crippen molar-refractivity contribution in [1.82, 2.24) is 20.9 Å². The van der Waals surface area contributed by atoms with Crippen molar-refractivity contribution in [3.05, 3.63) is 76.8 Å². The molecule has 3 aliphatic rings. The largest absolute Gasteiger partial charge is 0.413 e. The van der Waals surface area contributed by atoms with Crippen LogP contribution in [-0.2, 0) is 25.5 Å². The van der Waals surface area contributed by atoms with Gasteiger partial charge in [-0.15, -0.1) is 0 Å². The molecule has 2 aliphatic heterocycles. The number of nitrogens with zero attached hydrogens (tertiary/aromatic N) is 1. The van der Waals surface area contributed by atoms with Crippen molar-refractivity contribution in [3.8, 4) is 5.75 Å². The number of nitrogens with one attached hydrogen (secondary N) is 3. The zero-order valence-electron chi connectivity index (χ0n) is 27.3. The van der Waals surface area contributed by atoms with Crippen molar-refractivity contribution >= 4 is 44.6 Å². The van der Waals surface area contributed by atoms with Gasteiger partial charge in [0, 0.05) is 29.9 Å². The molecule has 256 valence electrons. The van der Waals surface area contributed by atoms with E-state index in [2.05, 4.69) is 36.8 Å². The molecule has 1 aliphatic carbocycles. The number of amides is 3. The number of benzene rings is 3. The highest BCUT2D eigenvalue weighted by atomic mass is 79.9. The molecule has 10 nitrogen and oxygen atoms in total. The molecule has 0 radical (unpaired) electrons. The summed E-state index contributed by atoms with van der Waals surface area (Å²) < 4.78 is 17.5. The number of piperidine rings is 1. The predicted molar refractivity (Wildman–Crippen MR) is 187 cm³/mol. The van der Waals surface area contributed by atoms with Crippen LogP contribution in [0.3, 0.4) is 0 Å². The topological polar surface area (TPSA) is 118 Å². The standard InChI is InChI=1S/C37H45BrN4O6/c38-31-10-8-30-20-32(11-9-29(30)19-31)48-36(45)41-37(14-4-5-15-37)35(44)40-33(18-26-6-2-1-3-7-26)34(43)39-21-27-12-16-42(17-13-27)22-28-23-46-25-47-24-28/h1-3,6-11,19-20,27-28,33H,4-5,12-18,21-25H2,(H,39,43)(H,40,44)(H,41,45)/t33-/m1/s1. The fraction of sp³-hybridized carbons (Fsp3) is 0.486. The molecule has 0 unspecified atom stereocenters. The third-order valence-electron chi connectivity index (χ3n) is 9.78.